The fraction of sp³-hybridized carbons (Fsp3) is 0.286. The number of aromatic nitrogens is 2. The number of fused-ring (bicyclic) bond motifs is 1. The summed E-state index contributed by atoms with van der Waals surface area (Å²) < 4.78 is 11.0. The lowest BCUT2D eigenvalue weighted by atomic mass is 10.1. The fourth-order valence-corrected chi connectivity index (χ4v) is 3.31. The normalized spacial score (nSPS) is 13.4. The predicted octanol–water partition coefficient (Wildman–Crippen LogP) is 4.16. The quantitative estimate of drug-likeness (QED) is 0.696. The van der Waals surface area contributed by atoms with E-state index in [-0.39, 0.29) is 12.5 Å². The molecule has 6 nitrogen and oxygen atoms in total. The molecular weight excluding hydrogens is 342 g/mol. The number of carbonyl (C=O) groups excluding carboxylic acids is 1. The number of hydrogen-bond donors (Lipinski definition) is 0. The first-order valence-corrected chi connectivity index (χ1v) is 9.05. The number of amides is 1. The minimum absolute atomic E-state index is 0.0365. The van der Waals surface area contributed by atoms with Crippen LogP contribution < -0.4 is 9.64 Å². The number of hydrogen-bond acceptors (Lipinski definition) is 5. The van der Waals surface area contributed by atoms with E-state index in [1.165, 1.54) is 5.56 Å². The van der Waals surface area contributed by atoms with Crippen LogP contribution in [-0.2, 0) is 4.79 Å². The van der Waals surface area contributed by atoms with Gasteiger partial charge >= 0.3 is 0 Å². The maximum Gasteiger partial charge on any atom is 0.265 e. The van der Waals surface area contributed by atoms with Crippen molar-refractivity contribution in [3.63, 3.8) is 0 Å². The Morgan fingerprint density at radius 3 is 2.78 bits per heavy atom. The topological polar surface area (TPSA) is 68.5 Å². The third kappa shape index (κ3) is 3.18. The Kier molecular flexibility index (Phi) is 4.39. The van der Waals surface area contributed by atoms with Crippen molar-refractivity contribution in [1.82, 2.24) is 10.1 Å². The number of ether oxygens (including phenoxy) is 1. The molecule has 2 aromatic carbocycles. The summed E-state index contributed by atoms with van der Waals surface area (Å²) in [6.07, 6.45) is 0.870. The molecule has 0 saturated heterocycles. The first-order chi connectivity index (χ1) is 13.1. The van der Waals surface area contributed by atoms with Crippen LogP contribution in [0, 0.1) is 13.8 Å². The zero-order valence-corrected chi connectivity index (χ0v) is 15.7. The highest BCUT2D eigenvalue weighted by atomic mass is 16.5. The lowest BCUT2D eigenvalue weighted by Gasteiger charge is -2.29. The van der Waals surface area contributed by atoms with Crippen LogP contribution >= 0.6 is 0 Å². The Labute approximate surface area is 157 Å². The van der Waals surface area contributed by atoms with Gasteiger partial charge < -0.3 is 14.2 Å². The van der Waals surface area contributed by atoms with Gasteiger partial charge in [0.2, 0.25) is 5.82 Å². The largest absolute Gasteiger partial charge is 0.482 e. The van der Waals surface area contributed by atoms with E-state index in [1.807, 2.05) is 44.2 Å². The number of aryl methyl sites for hydroxylation is 2. The molecule has 2 heterocycles. The zero-order valence-electron chi connectivity index (χ0n) is 15.7. The fourth-order valence-electron chi connectivity index (χ4n) is 3.31. The summed E-state index contributed by atoms with van der Waals surface area (Å²) in [7, 11) is 0. The second-order valence-electron chi connectivity index (χ2n) is 6.76. The van der Waals surface area contributed by atoms with Gasteiger partial charge in [0.15, 0.2) is 6.61 Å². The molecule has 138 valence electrons. The van der Waals surface area contributed by atoms with Crippen LogP contribution in [0.5, 0.6) is 5.75 Å². The molecule has 0 atom stereocenters. The van der Waals surface area contributed by atoms with Gasteiger partial charge in [0.25, 0.3) is 11.8 Å². The van der Waals surface area contributed by atoms with Gasteiger partial charge in [-0.2, -0.15) is 4.98 Å². The SMILES string of the molecule is CCCN1C(=O)COc2ccc(-c3noc(-c4ccc(C)cc4C)n3)cc21. The molecule has 0 radical (unpaired) electrons. The standard InChI is InChI=1S/C21H21N3O3/c1-4-9-24-17-11-15(6-8-18(17)26-12-19(24)25)20-22-21(27-23-20)16-7-5-13(2)10-14(16)3/h5-8,10-11H,4,9,12H2,1-3H3. The summed E-state index contributed by atoms with van der Waals surface area (Å²) in [4.78, 5) is 18.5. The van der Waals surface area contributed by atoms with E-state index >= 15 is 0 Å². The van der Waals surface area contributed by atoms with Crippen LogP contribution in [0.3, 0.4) is 0 Å². The average molecular weight is 363 g/mol. The van der Waals surface area contributed by atoms with Gasteiger partial charge in [-0.05, 0) is 50.1 Å². The predicted molar refractivity (Wildman–Crippen MR) is 103 cm³/mol. The minimum Gasteiger partial charge on any atom is -0.482 e. The molecule has 0 fully saturated rings. The number of benzene rings is 2. The molecule has 6 heteroatoms. The summed E-state index contributed by atoms with van der Waals surface area (Å²) in [5.74, 6) is 1.63. The van der Waals surface area contributed by atoms with Crippen molar-refractivity contribution >= 4 is 11.6 Å². The highest BCUT2D eigenvalue weighted by molar-refractivity contribution is 5.98. The Bertz CT molecular complexity index is 1010. The van der Waals surface area contributed by atoms with E-state index in [4.69, 9.17) is 9.26 Å². The Balaban J connectivity index is 1.71. The molecule has 0 spiro atoms. The van der Waals surface area contributed by atoms with Crippen LogP contribution in [-0.4, -0.2) is 29.2 Å². The smallest absolute Gasteiger partial charge is 0.265 e. The second kappa shape index (κ2) is 6.87. The number of carbonyl (C=O) groups is 1. The van der Waals surface area contributed by atoms with E-state index in [9.17, 15) is 4.79 Å². The van der Waals surface area contributed by atoms with E-state index in [2.05, 4.69) is 23.1 Å². The van der Waals surface area contributed by atoms with Gasteiger partial charge in [-0.1, -0.05) is 29.8 Å². The van der Waals surface area contributed by atoms with Crippen molar-refractivity contribution in [2.24, 2.45) is 0 Å². The van der Waals surface area contributed by atoms with Gasteiger partial charge in [-0.25, -0.2) is 0 Å². The molecule has 0 unspecified atom stereocenters. The van der Waals surface area contributed by atoms with Crippen LogP contribution in [0.1, 0.15) is 24.5 Å². The monoisotopic (exact) mass is 363 g/mol. The zero-order chi connectivity index (χ0) is 19.0. The molecule has 1 aromatic heterocycles. The van der Waals surface area contributed by atoms with Crippen molar-refractivity contribution in [3.05, 3.63) is 47.5 Å². The molecular formula is C21H21N3O3. The van der Waals surface area contributed by atoms with E-state index in [1.54, 1.807) is 4.90 Å². The van der Waals surface area contributed by atoms with Crippen molar-refractivity contribution in [2.45, 2.75) is 27.2 Å². The van der Waals surface area contributed by atoms with Crippen LogP contribution in [0.15, 0.2) is 40.9 Å². The first kappa shape index (κ1) is 17.3. The molecule has 27 heavy (non-hydrogen) atoms. The highest BCUT2D eigenvalue weighted by Crippen LogP contribution is 2.36. The van der Waals surface area contributed by atoms with Crippen molar-refractivity contribution < 1.29 is 14.1 Å². The molecule has 1 amide bonds. The molecule has 0 N–H and O–H groups in total. The molecule has 0 bridgehead atoms. The summed E-state index contributed by atoms with van der Waals surface area (Å²) in [6, 6.07) is 11.7. The lowest BCUT2D eigenvalue weighted by molar-refractivity contribution is -0.121. The van der Waals surface area contributed by atoms with Gasteiger partial charge in [0, 0.05) is 17.7 Å². The number of nitrogens with zero attached hydrogens (tertiary/aromatic N) is 3. The summed E-state index contributed by atoms with van der Waals surface area (Å²) in [5.41, 5.74) is 4.73. The third-order valence-corrected chi connectivity index (χ3v) is 4.65. The van der Waals surface area contributed by atoms with Gasteiger partial charge in [-0.3, -0.25) is 4.79 Å². The van der Waals surface area contributed by atoms with E-state index in [0.717, 1.165) is 28.8 Å². The second-order valence-corrected chi connectivity index (χ2v) is 6.76. The molecule has 0 aliphatic carbocycles. The third-order valence-electron chi connectivity index (χ3n) is 4.65. The van der Waals surface area contributed by atoms with E-state index in [0.29, 0.717) is 24.0 Å². The van der Waals surface area contributed by atoms with Gasteiger partial charge in [0.05, 0.1) is 5.69 Å². The summed E-state index contributed by atoms with van der Waals surface area (Å²) >= 11 is 0. The molecule has 1 aliphatic rings. The van der Waals surface area contributed by atoms with Crippen LogP contribution in [0.25, 0.3) is 22.8 Å². The Hall–Kier alpha value is -3.15. The summed E-state index contributed by atoms with van der Waals surface area (Å²) in [6.45, 7) is 6.84. The van der Waals surface area contributed by atoms with Crippen molar-refractivity contribution in [1.29, 1.82) is 0 Å². The maximum absolute atomic E-state index is 12.2. The molecule has 1 aliphatic heterocycles. The maximum atomic E-state index is 12.2. The van der Waals surface area contributed by atoms with Gasteiger partial charge in [0.1, 0.15) is 5.75 Å². The first-order valence-electron chi connectivity index (χ1n) is 9.05. The summed E-state index contributed by atoms with van der Waals surface area (Å²) in [5, 5.41) is 4.13. The van der Waals surface area contributed by atoms with Crippen molar-refractivity contribution in [2.75, 3.05) is 18.1 Å². The average Bonchev–Trinajstić information content (AvgIpc) is 3.13. The molecule has 3 aromatic rings. The highest BCUT2D eigenvalue weighted by Gasteiger charge is 2.26. The lowest BCUT2D eigenvalue weighted by Crippen LogP contribution is -2.39. The molecule has 0 saturated carbocycles. The minimum atomic E-state index is -0.0365. The van der Waals surface area contributed by atoms with Gasteiger partial charge in [-0.15, -0.1) is 0 Å². The molecule has 4 rings (SSSR count). The number of anilines is 1. The Morgan fingerprint density at radius 1 is 1.15 bits per heavy atom. The van der Waals surface area contributed by atoms with Crippen molar-refractivity contribution in [3.8, 4) is 28.6 Å². The van der Waals surface area contributed by atoms with E-state index < -0.39 is 0 Å². The Morgan fingerprint density at radius 2 is 2.00 bits per heavy atom. The van der Waals surface area contributed by atoms with Crippen LogP contribution in [0.4, 0.5) is 5.69 Å². The van der Waals surface area contributed by atoms with Crippen LogP contribution in [0.2, 0.25) is 0 Å². The number of rotatable bonds is 4.